The van der Waals surface area contributed by atoms with Crippen molar-refractivity contribution in [2.24, 2.45) is 11.3 Å². The van der Waals surface area contributed by atoms with Crippen LogP contribution in [0.3, 0.4) is 0 Å². The van der Waals surface area contributed by atoms with E-state index >= 15 is 0 Å². The van der Waals surface area contributed by atoms with Gasteiger partial charge >= 0.3 is 5.97 Å². The normalized spacial score (nSPS) is 20.5. The van der Waals surface area contributed by atoms with E-state index in [1.165, 1.54) is 6.42 Å². The number of hydrogen-bond donors (Lipinski definition) is 2. The van der Waals surface area contributed by atoms with Gasteiger partial charge in [0.1, 0.15) is 0 Å². The van der Waals surface area contributed by atoms with Crippen molar-refractivity contribution in [1.29, 1.82) is 0 Å². The van der Waals surface area contributed by atoms with Crippen LogP contribution in [-0.2, 0) is 4.79 Å². The largest absolute Gasteiger partial charge is 0.481 e. The molecule has 3 nitrogen and oxygen atoms in total. The predicted octanol–water partition coefficient (Wildman–Crippen LogP) is 2.82. The van der Waals surface area contributed by atoms with Gasteiger partial charge in [0.05, 0.1) is 5.41 Å². The molecule has 0 amide bonds. The summed E-state index contributed by atoms with van der Waals surface area (Å²) in [7, 11) is 0. The Morgan fingerprint density at radius 1 is 1.41 bits per heavy atom. The quantitative estimate of drug-likeness (QED) is 0.672. The summed E-state index contributed by atoms with van der Waals surface area (Å²) in [6, 6.07) is 0. The minimum atomic E-state index is -0.668. The average Bonchev–Trinajstić information content (AvgIpc) is 2.36. The third kappa shape index (κ3) is 3.84. The van der Waals surface area contributed by atoms with Crippen LogP contribution >= 0.6 is 0 Å². The molecule has 0 bridgehead atoms. The second-order valence-electron chi connectivity index (χ2n) is 5.07. The van der Waals surface area contributed by atoms with Crippen molar-refractivity contribution in [3.63, 3.8) is 0 Å². The summed E-state index contributed by atoms with van der Waals surface area (Å²) in [6.07, 6.45) is 9.37. The number of carbonyl (C=O) groups is 1. The van der Waals surface area contributed by atoms with Gasteiger partial charge in [0.2, 0.25) is 0 Å². The number of carboxylic acid groups (broad SMARTS) is 1. The zero-order chi connectivity index (χ0) is 12.7. The lowest BCUT2D eigenvalue weighted by Crippen LogP contribution is -2.41. The smallest absolute Gasteiger partial charge is 0.310 e. The molecule has 0 aromatic carbocycles. The van der Waals surface area contributed by atoms with Gasteiger partial charge in [-0.1, -0.05) is 26.0 Å². The molecule has 2 N–H and O–H groups in total. The molecule has 1 aliphatic rings. The van der Waals surface area contributed by atoms with Crippen molar-refractivity contribution in [2.45, 2.75) is 46.0 Å². The van der Waals surface area contributed by atoms with E-state index in [-0.39, 0.29) is 0 Å². The maximum atomic E-state index is 11.3. The highest BCUT2D eigenvalue weighted by Gasteiger charge is 2.34. The van der Waals surface area contributed by atoms with Gasteiger partial charge in [0, 0.05) is 6.54 Å². The first kappa shape index (κ1) is 14.2. The number of hydrogen-bond acceptors (Lipinski definition) is 2. The van der Waals surface area contributed by atoms with Gasteiger partial charge in [0.15, 0.2) is 0 Å². The lowest BCUT2D eigenvalue weighted by atomic mass is 9.82. The van der Waals surface area contributed by atoms with Gasteiger partial charge in [-0.2, -0.15) is 0 Å². The van der Waals surface area contributed by atoms with Crippen molar-refractivity contribution in [3.8, 4) is 0 Å². The van der Waals surface area contributed by atoms with Crippen molar-refractivity contribution in [2.75, 3.05) is 13.1 Å². The topological polar surface area (TPSA) is 49.3 Å². The minimum absolute atomic E-state index is 0.579. The summed E-state index contributed by atoms with van der Waals surface area (Å²) in [5.41, 5.74) is -0.579. The highest BCUT2D eigenvalue weighted by atomic mass is 16.4. The Hall–Kier alpha value is -0.830. The standard InChI is InChI=1S/C14H25NO2/c1-3-14(4-2,13(16)17)11-15-10-12-8-6-5-7-9-12/h5-6,12,15H,3-4,7-11H2,1-2H3,(H,16,17). The Morgan fingerprint density at radius 2 is 2.12 bits per heavy atom. The van der Waals surface area contributed by atoms with Gasteiger partial charge < -0.3 is 10.4 Å². The minimum Gasteiger partial charge on any atom is -0.481 e. The van der Waals surface area contributed by atoms with Crippen LogP contribution in [0.15, 0.2) is 12.2 Å². The van der Waals surface area contributed by atoms with Crippen molar-refractivity contribution in [1.82, 2.24) is 5.32 Å². The molecular weight excluding hydrogens is 214 g/mol. The third-order valence-electron chi connectivity index (χ3n) is 4.08. The molecule has 1 rings (SSSR count). The molecular formula is C14H25NO2. The molecule has 0 fully saturated rings. The molecule has 1 unspecified atom stereocenters. The first-order chi connectivity index (χ1) is 8.14. The highest BCUT2D eigenvalue weighted by Crippen LogP contribution is 2.26. The fraction of sp³-hybridized carbons (Fsp3) is 0.786. The van der Waals surface area contributed by atoms with Crippen molar-refractivity contribution in [3.05, 3.63) is 12.2 Å². The lowest BCUT2D eigenvalue weighted by Gasteiger charge is -2.28. The van der Waals surface area contributed by atoms with Gasteiger partial charge in [-0.05, 0) is 44.6 Å². The molecule has 0 spiro atoms. The van der Waals surface area contributed by atoms with E-state index in [9.17, 15) is 9.90 Å². The Labute approximate surface area is 104 Å². The van der Waals surface area contributed by atoms with Crippen LogP contribution in [0.4, 0.5) is 0 Å². The summed E-state index contributed by atoms with van der Waals surface area (Å²) in [6.45, 7) is 5.46. The molecule has 0 saturated heterocycles. The Kier molecular flexibility index (Phi) is 5.69. The summed E-state index contributed by atoms with van der Waals surface area (Å²) < 4.78 is 0. The number of nitrogens with one attached hydrogen (secondary N) is 1. The molecule has 0 heterocycles. The van der Waals surface area contributed by atoms with Crippen LogP contribution in [-0.4, -0.2) is 24.2 Å². The van der Waals surface area contributed by atoms with Crippen LogP contribution in [0.1, 0.15) is 46.0 Å². The summed E-state index contributed by atoms with van der Waals surface area (Å²) >= 11 is 0. The van der Waals surface area contributed by atoms with Gasteiger partial charge in [-0.25, -0.2) is 0 Å². The predicted molar refractivity (Wildman–Crippen MR) is 70.0 cm³/mol. The van der Waals surface area contributed by atoms with Crippen LogP contribution in [0.5, 0.6) is 0 Å². The summed E-state index contributed by atoms with van der Waals surface area (Å²) in [5.74, 6) is 0.0127. The fourth-order valence-electron chi connectivity index (χ4n) is 2.44. The van der Waals surface area contributed by atoms with E-state index in [2.05, 4.69) is 17.5 Å². The molecule has 1 atom stereocenters. The Bertz CT molecular complexity index is 269. The summed E-state index contributed by atoms with van der Waals surface area (Å²) in [5, 5.41) is 12.7. The maximum Gasteiger partial charge on any atom is 0.310 e. The molecule has 0 aromatic heterocycles. The molecule has 0 aromatic rings. The third-order valence-corrected chi connectivity index (χ3v) is 4.08. The molecule has 98 valence electrons. The zero-order valence-electron chi connectivity index (χ0n) is 11.0. The fourth-order valence-corrected chi connectivity index (χ4v) is 2.44. The molecule has 17 heavy (non-hydrogen) atoms. The van der Waals surface area contributed by atoms with Crippen LogP contribution in [0.2, 0.25) is 0 Å². The van der Waals surface area contributed by atoms with E-state index in [4.69, 9.17) is 0 Å². The van der Waals surface area contributed by atoms with E-state index in [1.54, 1.807) is 0 Å². The number of rotatable bonds is 7. The number of carboxylic acids is 1. The van der Waals surface area contributed by atoms with Gasteiger partial charge in [-0.15, -0.1) is 0 Å². The van der Waals surface area contributed by atoms with E-state index in [0.717, 1.165) is 19.4 Å². The highest BCUT2D eigenvalue weighted by molar-refractivity contribution is 5.74. The molecule has 0 aliphatic heterocycles. The summed E-state index contributed by atoms with van der Waals surface area (Å²) in [4.78, 5) is 11.3. The van der Waals surface area contributed by atoms with Gasteiger partial charge in [0.25, 0.3) is 0 Å². The zero-order valence-corrected chi connectivity index (χ0v) is 11.0. The van der Waals surface area contributed by atoms with Crippen LogP contribution < -0.4 is 5.32 Å². The molecule has 1 aliphatic carbocycles. The van der Waals surface area contributed by atoms with E-state index < -0.39 is 11.4 Å². The van der Waals surface area contributed by atoms with Crippen LogP contribution in [0.25, 0.3) is 0 Å². The van der Waals surface area contributed by atoms with E-state index in [1.807, 2.05) is 13.8 Å². The first-order valence-corrected chi connectivity index (χ1v) is 6.73. The van der Waals surface area contributed by atoms with Crippen LogP contribution in [0, 0.1) is 11.3 Å². The molecule has 0 radical (unpaired) electrons. The van der Waals surface area contributed by atoms with Crippen molar-refractivity contribution < 1.29 is 9.90 Å². The SMILES string of the molecule is CCC(CC)(CNCC1CC=CCC1)C(=O)O. The monoisotopic (exact) mass is 239 g/mol. The second kappa shape index (κ2) is 6.80. The van der Waals surface area contributed by atoms with Crippen molar-refractivity contribution >= 4 is 5.97 Å². The first-order valence-electron chi connectivity index (χ1n) is 6.73. The number of aliphatic carboxylic acids is 1. The Morgan fingerprint density at radius 3 is 2.59 bits per heavy atom. The molecule has 0 saturated carbocycles. The second-order valence-corrected chi connectivity index (χ2v) is 5.07. The van der Waals surface area contributed by atoms with Gasteiger partial charge in [-0.3, -0.25) is 4.79 Å². The lowest BCUT2D eigenvalue weighted by molar-refractivity contribution is -0.149. The molecule has 3 heteroatoms. The van der Waals surface area contributed by atoms with E-state index in [0.29, 0.717) is 25.3 Å². The average molecular weight is 239 g/mol. The maximum absolute atomic E-state index is 11.3. The Balaban J connectivity index is 2.36. The number of allylic oxidation sites excluding steroid dienone is 2.